The van der Waals surface area contributed by atoms with Crippen LogP contribution in [-0.4, -0.2) is 85.3 Å². The van der Waals surface area contributed by atoms with Gasteiger partial charge in [0.05, 0.1) is 16.5 Å². The number of thiazole rings is 1. The zero-order valence-corrected chi connectivity index (χ0v) is 26.0. The number of benzene rings is 1. The summed E-state index contributed by atoms with van der Waals surface area (Å²) in [6, 6.07) is 5.13. The van der Waals surface area contributed by atoms with Crippen molar-refractivity contribution < 1.29 is 46.5 Å². The number of aromatic nitrogens is 5. The molecular weight excluding hydrogens is 665 g/mol. The summed E-state index contributed by atoms with van der Waals surface area (Å²) in [5.74, 6) is -2.89. The Morgan fingerprint density at radius 2 is 1.80 bits per heavy atom. The van der Waals surface area contributed by atoms with Crippen molar-refractivity contribution in [2.45, 2.75) is 61.9 Å². The SMILES string of the molecule is CC(=O)OC[C@H]1O[C@@H](n2cnc3c(NC(CSc4nc5ccccc5s4)C(F)(F)F)nc(Cl)nc32)[C@H](OC(C)=O)[C@@H]1OC(C)=O. The minimum absolute atomic E-state index is 0.0749. The van der Waals surface area contributed by atoms with Crippen LogP contribution >= 0.6 is 34.7 Å². The largest absolute Gasteiger partial charge is 0.463 e. The Kier molecular flexibility index (Phi) is 9.66. The number of anilines is 1. The van der Waals surface area contributed by atoms with Crippen LogP contribution in [0.25, 0.3) is 21.4 Å². The van der Waals surface area contributed by atoms with Crippen LogP contribution < -0.4 is 5.32 Å². The van der Waals surface area contributed by atoms with Gasteiger partial charge in [0.1, 0.15) is 18.8 Å². The third-order valence-electron chi connectivity index (χ3n) is 6.36. The number of hydrogen-bond donors (Lipinski definition) is 1. The maximum absolute atomic E-state index is 14.2. The topological polar surface area (TPSA) is 157 Å². The molecule has 1 N–H and O–H groups in total. The van der Waals surface area contributed by atoms with E-state index in [4.69, 9.17) is 30.5 Å². The minimum atomic E-state index is -4.70. The number of hydrogen-bond acceptors (Lipinski definition) is 14. The number of esters is 3. The first-order valence-electron chi connectivity index (χ1n) is 13.1. The van der Waals surface area contributed by atoms with E-state index in [1.807, 2.05) is 12.1 Å². The first-order valence-corrected chi connectivity index (χ1v) is 15.3. The quantitative estimate of drug-likeness (QED) is 0.107. The number of fused-ring (bicyclic) bond motifs is 2. The molecule has 1 aliphatic rings. The molecule has 3 aromatic heterocycles. The van der Waals surface area contributed by atoms with E-state index in [2.05, 4.69) is 25.3 Å². The fourth-order valence-electron chi connectivity index (χ4n) is 4.54. The van der Waals surface area contributed by atoms with Crippen LogP contribution in [0.2, 0.25) is 5.28 Å². The van der Waals surface area contributed by atoms with Gasteiger partial charge in [-0.1, -0.05) is 23.9 Å². The van der Waals surface area contributed by atoms with Gasteiger partial charge in [-0.25, -0.2) is 9.97 Å². The fourth-order valence-corrected chi connectivity index (χ4v) is 6.86. The average Bonchev–Trinajstić information content (AvgIpc) is 3.64. The van der Waals surface area contributed by atoms with Gasteiger partial charge in [0.25, 0.3) is 0 Å². The Labute approximate surface area is 265 Å². The number of alkyl halides is 3. The average molecular weight is 689 g/mol. The molecule has 240 valence electrons. The normalized spacial score (nSPS) is 20.7. The summed E-state index contributed by atoms with van der Waals surface area (Å²) in [6.07, 6.45) is -8.39. The lowest BCUT2D eigenvalue weighted by molar-refractivity contribution is -0.166. The highest BCUT2D eigenvalue weighted by Gasteiger charge is 2.51. The van der Waals surface area contributed by atoms with Gasteiger partial charge in [-0.15, -0.1) is 11.3 Å². The number of carbonyl (C=O) groups is 3. The molecule has 19 heteroatoms. The molecule has 0 amide bonds. The highest BCUT2D eigenvalue weighted by atomic mass is 35.5. The lowest BCUT2D eigenvalue weighted by atomic mass is 10.1. The number of carbonyl (C=O) groups excluding carboxylic acids is 3. The van der Waals surface area contributed by atoms with Crippen LogP contribution in [-0.2, 0) is 33.3 Å². The van der Waals surface area contributed by atoms with Crippen LogP contribution in [0, 0.1) is 0 Å². The molecule has 0 aliphatic carbocycles. The van der Waals surface area contributed by atoms with Crippen molar-refractivity contribution in [1.82, 2.24) is 24.5 Å². The number of para-hydroxylation sites is 1. The zero-order chi connectivity index (χ0) is 32.5. The number of thioether (sulfide) groups is 1. The lowest BCUT2D eigenvalue weighted by Gasteiger charge is -2.24. The predicted molar refractivity (Wildman–Crippen MR) is 156 cm³/mol. The van der Waals surface area contributed by atoms with Gasteiger partial charge in [0.15, 0.2) is 39.8 Å². The fraction of sp³-hybridized carbons (Fsp3) is 0.423. The molecule has 0 radical (unpaired) electrons. The smallest absolute Gasteiger partial charge is 0.409 e. The Bertz CT molecular complexity index is 1710. The molecule has 1 unspecified atom stereocenters. The van der Waals surface area contributed by atoms with Crippen molar-refractivity contribution in [3.05, 3.63) is 35.9 Å². The summed E-state index contributed by atoms with van der Waals surface area (Å²) in [6.45, 7) is 3.05. The van der Waals surface area contributed by atoms with Crippen molar-refractivity contribution in [3.8, 4) is 0 Å². The monoisotopic (exact) mass is 688 g/mol. The van der Waals surface area contributed by atoms with Gasteiger partial charge in [0.2, 0.25) is 5.28 Å². The summed E-state index contributed by atoms with van der Waals surface area (Å²) >= 11 is 8.36. The number of ether oxygens (including phenoxy) is 4. The molecule has 4 aromatic rings. The zero-order valence-electron chi connectivity index (χ0n) is 23.6. The molecule has 1 aliphatic heterocycles. The third kappa shape index (κ3) is 7.57. The maximum atomic E-state index is 14.2. The van der Waals surface area contributed by atoms with Gasteiger partial charge >= 0.3 is 24.1 Å². The van der Waals surface area contributed by atoms with Crippen molar-refractivity contribution in [1.29, 1.82) is 0 Å². The van der Waals surface area contributed by atoms with E-state index < -0.39 is 65.7 Å². The van der Waals surface area contributed by atoms with Gasteiger partial charge in [0, 0.05) is 26.5 Å². The summed E-state index contributed by atoms with van der Waals surface area (Å²) in [7, 11) is 0. The van der Waals surface area contributed by atoms with Crippen LogP contribution in [0.3, 0.4) is 0 Å². The molecule has 0 bridgehead atoms. The molecule has 4 heterocycles. The first kappa shape index (κ1) is 32.6. The van der Waals surface area contributed by atoms with Gasteiger partial charge in [-0.05, 0) is 23.7 Å². The standard InChI is InChI=1S/C26H24ClF3N6O7S2/c1-11(37)40-8-15-19(41-12(2)38)20(42-13(3)39)23(43-15)36-10-31-18-21(34-24(27)35-22(18)36)33-17(26(28,29)30)9-44-25-32-14-6-4-5-7-16(14)45-25/h4-7,10,15,17,19-20,23H,8-9H2,1-3H3,(H,33,34,35)/t15-,17?,19-,20-,23-/m1/s1. The highest BCUT2D eigenvalue weighted by Crippen LogP contribution is 2.38. The van der Waals surface area contributed by atoms with Gasteiger partial charge in [-0.2, -0.15) is 23.1 Å². The van der Waals surface area contributed by atoms with Crippen LogP contribution in [0.5, 0.6) is 0 Å². The summed E-state index contributed by atoms with van der Waals surface area (Å²) in [5.41, 5.74) is 0.508. The molecule has 5 atom stereocenters. The predicted octanol–water partition coefficient (Wildman–Crippen LogP) is 4.55. The Morgan fingerprint density at radius 3 is 2.47 bits per heavy atom. The second kappa shape index (κ2) is 13.3. The van der Waals surface area contributed by atoms with E-state index in [-0.39, 0.29) is 23.6 Å². The molecule has 1 aromatic carbocycles. The molecule has 13 nitrogen and oxygen atoms in total. The van der Waals surface area contributed by atoms with Crippen molar-refractivity contribution in [2.75, 3.05) is 17.7 Å². The summed E-state index contributed by atoms with van der Waals surface area (Å²) in [5, 5.41) is 1.98. The van der Waals surface area contributed by atoms with E-state index in [0.29, 0.717) is 9.86 Å². The van der Waals surface area contributed by atoms with Crippen LogP contribution in [0.4, 0.5) is 19.0 Å². The number of imidazole rings is 1. The summed E-state index contributed by atoms with van der Waals surface area (Å²) in [4.78, 5) is 52.1. The molecule has 1 fully saturated rings. The molecule has 0 spiro atoms. The minimum Gasteiger partial charge on any atom is -0.463 e. The molecule has 5 rings (SSSR count). The van der Waals surface area contributed by atoms with E-state index in [0.717, 1.165) is 30.3 Å². The van der Waals surface area contributed by atoms with E-state index in [9.17, 15) is 27.6 Å². The molecule has 1 saturated heterocycles. The second-order valence-corrected chi connectivity index (χ2v) is 12.3. The van der Waals surface area contributed by atoms with Gasteiger partial charge < -0.3 is 24.3 Å². The lowest BCUT2D eigenvalue weighted by Crippen LogP contribution is -2.40. The molecule has 0 saturated carbocycles. The number of rotatable bonds is 10. The third-order valence-corrected chi connectivity index (χ3v) is 8.80. The van der Waals surface area contributed by atoms with E-state index in [1.54, 1.807) is 12.1 Å². The Morgan fingerprint density at radius 1 is 1.09 bits per heavy atom. The van der Waals surface area contributed by atoms with Crippen LogP contribution in [0.1, 0.15) is 27.0 Å². The van der Waals surface area contributed by atoms with Crippen molar-refractivity contribution in [2.24, 2.45) is 0 Å². The van der Waals surface area contributed by atoms with E-state index >= 15 is 0 Å². The molecular formula is C26H24ClF3N6O7S2. The second-order valence-electron chi connectivity index (χ2n) is 9.68. The summed E-state index contributed by atoms with van der Waals surface area (Å²) < 4.78 is 67.0. The molecule has 45 heavy (non-hydrogen) atoms. The number of nitrogens with one attached hydrogen (secondary N) is 1. The highest BCUT2D eigenvalue weighted by molar-refractivity contribution is 8.01. The van der Waals surface area contributed by atoms with Crippen molar-refractivity contribution >= 4 is 79.8 Å². The Hall–Kier alpha value is -3.74. The first-order chi connectivity index (χ1) is 21.3. The van der Waals surface area contributed by atoms with Crippen LogP contribution in [0.15, 0.2) is 34.9 Å². The maximum Gasteiger partial charge on any atom is 0.409 e. The van der Waals surface area contributed by atoms with E-state index in [1.165, 1.54) is 29.2 Å². The van der Waals surface area contributed by atoms with Gasteiger partial charge in [-0.3, -0.25) is 19.0 Å². The number of nitrogens with zero attached hydrogens (tertiary/aromatic N) is 5. The Balaban J connectivity index is 1.46. The van der Waals surface area contributed by atoms with Crippen molar-refractivity contribution in [3.63, 3.8) is 0 Å². The number of halogens is 4.